The van der Waals surface area contributed by atoms with E-state index in [9.17, 15) is 4.79 Å². The molecule has 1 unspecified atom stereocenters. The van der Waals surface area contributed by atoms with Gasteiger partial charge in [0.25, 0.3) is 5.91 Å². The molecule has 0 aliphatic carbocycles. The van der Waals surface area contributed by atoms with Crippen LogP contribution in [0.25, 0.3) is 0 Å². The van der Waals surface area contributed by atoms with Gasteiger partial charge in [-0.1, -0.05) is 12.1 Å². The molecule has 0 aliphatic rings. The Hall–Kier alpha value is -2.20. The van der Waals surface area contributed by atoms with Gasteiger partial charge < -0.3 is 11.1 Å². The number of benzene rings is 1. The van der Waals surface area contributed by atoms with Gasteiger partial charge in [0.05, 0.1) is 6.04 Å². The van der Waals surface area contributed by atoms with Crippen molar-refractivity contribution in [2.24, 2.45) is 5.73 Å². The second-order valence-electron chi connectivity index (χ2n) is 4.38. The molecule has 4 nitrogen and oxygen atoms in total. The van der Waals surface area contributed by atoms with Gasteiger partial charge in [-0.05, 0) is 42.3 Å². The maximum absolute atomic E-state index is 12.1. The van der Waals surface area contributed by atoms with Crippen LogP contribution in [0.5, 0.6) is 0 Å². The van der Waals surface area contributed by atoms with Crippen molar-refractivity contribution in [3.8, 4) is 0 Å². The Morgan fingerprint density at radius 1 is 1.32 bits per heavy atom. The first-order valence-corrected chi connectivity index (χ1v) is 6.20. The lowest BCUT2D eigenvalue weighted by molar-refractivity contribution is 0.0940. The number of carbonyl (C=O) groups is 1. The van der Waals surface area contributed by atoms with Crippen LogP contribution in [0.15, 0.2) is 48.8 Å². The highest BCUT2D eigenvalue weighted by Gasteiger charge is 2.11. The van der Waals surface area contributed by atoms with Gasteiger partial charge in [0.1, 0.15) is 0 Å². The summed E-state index contributed by atoms with van der Waals surface area (Å²) in [6.07, 6.45) is 3.43. The van der Waals surface area contributed by atoms with Crippen molar-refractivity contribution in [3.05, 3.63) is 65.5 Å². The molecule has 3 N–H and O–H groups in total. The summed E-state index contributed by atoms with van der Waals surface area (Å²) in [5.41, 5.74) is 8.18. The van der Waals surface area contributed by atoms with Crippen molar-refractivity contribution >= 4 is 5.91 Å². The maximum atomic E-state index is 12.1. The fourth-order valence-electron chi connectivity index (χ4n) is 1.85. The van der Waals surface area contributed by atoms with Crippen molar-refractivity contribution in [1.29, 1.82) is 0 Å². The summed E-state index contributed by atoms with van der Waals surface area (Å²) >= 11 is 0. The van der Waals surface area contributed by atoms with Crippen LogP contribution in [0.4, 0.5) is 0 Å². The Kier molecular flexibility index (Phi) is 4.26. The first-order chi connectivity index (χ1) is 9.20. The van der Waals surface area contributed by atoms with E-state index >= 15 is 0 Å². The average Bonchev–Trinajstić information content (AvgIpc) is 2.48. The Morgan fingerprint density at radius 3 is 2.74 bits per heavy atom. The standard InChI is InChI=1S/C15H17N3O/c1-11(13-5-7-17-8-6-13)18-15(19)14-4-2-3-12(9-14)10-16/h2-9,11H,10,16H2,1H3,(H,18,19). The molecule has 1 amide bonds. The van der Waals surface area contributed by atoms with E-state index in [0.29, 0.717) is 12.1 Å². The number of nitrogens with two attached hydrogens (primary N) is 1. The van der Waals surface area contributed by atoms with Crippen molar-refractivity contribution in [2.75, 3.05) is 0 Å². The third-order valence-electron chi connectivity index (χ3n) is 2.98. The molecule has 0 saturated carbocycles. The molecule has 0 aliphatic heterocycles. The predicted octanol–water partition coefficient (Wildman–Crippen LogP) is 2.03. The topological polar surface area (TPSA) is 68.0 Å². The van der Waals surface area contributed by atoms with Crippen LogP contribution in [0.2, 0.25) is 0 Å². The molecule has 0 saturated heterocycles. The summed E-state index contributed by atoms with van der Waals surface area (Å²) in [6.45, 7) is 2.38. The summed E-state index contributed by atoms with van der Waals surface area (Å²) in [5.74, 6) is -0.0976. The van der Waals surface area contributed by atoms with Gasteiger partial charge in [0.15, 0.2) is 0 Å². The number of hydrogen-bond donors (Lipinski definition) is 2. The second kappa shape index (κ2) is 6.11. The van der Waals surface area contributed by atoms with Gasteiger partial charge >= 0.3 is 0 Å². The molecule has 1 aromatic heterocycles. The zero-order valence-corrected chi connectivity index (χ0v) is 10.8. The molecule has 0 fully saturated rings. The van der Waals surface area contributed by atoms with E-state index in [1.807, 2.05) is 37.3 Å². The highest BCUT2D eigenvalue weighted by atomic mass is 16.1. The Balaban J connectivity index is 2.08. The quantitative estimate of drug-likeness (QED) is 0.878. The van der Waals surface area contributed by atoms with Crippen LogP contribution < -0.4 is 11.1 Å². The van der Waals surface area contributed by atoms with Crippen LogP contribution in [0, 0.1) is 0 Å². The van der Waals surface area contributed by atoms with E-state index in [1.54, 1.807) is 18.5 Å². The fourth-order valence-corrected chi connectivity index (χ4v) is 1.85. The molecule has 98 valence electrons. The summed E-state index contributed by atoms with van der Waals surface area (Å²) in [7, 11) is 0. The molecule has 1 atom stereocenters. The lowest BCUT2D eigenvalue weighted by atomic mass is 10.1. The average molecular weight is 255 g/mol. The van der Waals surface area contributed by atoms with Gasteiger partial charge in [0, 0.05) is 24.5 Å². The fraction of sp³-hybridized carbons (Fsp3) is 0.200. The van der Waals surface area contributed by atoms with E-state index in [4.69, 9.17) is 5.73 Å². The van der Waals surface area contributed by atoms with Crippen molar-refractivity contribution in [1.82, 2.24) is 10.3 Å². The molecule has 4 heteroatoms. The van der Waals surface area contributed by atoms with E-state index in [0.717, 1.165) is 11.1 Å². The summed E-state index contributed by atoms with van der Waals surface area (Å²) in [4.78, 5) is 16.1. The van der Waals surface area contributed by atoms with E-state index in [-0.39, 0.29) is 11.9 Å². The third kappa shape index (κ3) is 3.39. The smallest absolute Gasteiger partial charge is 0.251 e. The molecule has 1 aromatic carbocycles. The second-order valence-corrected chi connectivity index (χ2v) is 4.38. The highest BCUT2D eigenvalue weighted by molar-refractivity contribution is 5.94. The number of nitrogens with one attached hydrogen (secondary N) is 1. The minimum atomic E-state index is -0.0976. The zero-order valence-electron chi connectivity index (χ0n) is 10.8. The van der Waals surface area contributed by atoms with Crippen LogP contribution in [0.1, 0.15) is 34.5 Å². The lowest BCUT2D eigenvalue weighted by Gasteiger charge is -2.14. The zero-order chi connectivity index (χ0) is 13.7. The SMILES string of the molecule is CC(NC(=O)c1cccc(CN)c1)c1ccncc1. The summed E-state index contributed by atoms with van der Waals surface area (Å²) in [6, 6.07) is 11.1. The van der Waals surface area contributed by atoms with Crippen molar-refractivity contribution in [3.63, 3.8) is 0 Å². The van der Waals surface area contributed by atoms with Crippen molar-refractivity contribution in [2.45, 2.75) is 19.5 Å². The van der Waals surface area contributed by atoms with Gasteiger partial charge in [-0.3, -0.25) is 9.78 Å². The van der Waals surface area contributed by atoms with Crippen LogP contribution in [0.3, 0.4) is 0 Å². The largest absolute Gasteiger partial charge is 0.346 e. The predicted molar refractivity (Wildman–Crippen MR) is 74.5 cm³/mol. The van der Waals surface area contributed by atoms with Crippen molar-refractivity contribution < 1.29 is 4.79 Å². The Morgan fingerprint density at radius 2 is 2.05 bits per heavy atom. The Bertz CT molecular complexity index is 554. The highest BCUT2D eigenvalue weighted by Crippen LogP contribution is 2.12. The van der Waals surface area contributed by atoms with Crippen LogP contribution in [-0.4, -0.2) is 10.9 Å². The van der Waals surface area contributed by atoms with Crippen LogP contribution in [-0.2, 0) is 6.54 Å². The summed E-state index contributed by atoms with van der Waals surface area (Å²) in [5, 5.41) is 2.96. The van der Waals surface area contributed by atoms with Gasteiger partial charge in [-0.15, -0.1) is 0 Å². The molecular weight excluding hydrogens is 238 g/mol. The van der Waals surface area contributed by atoms with Gasteiger partial charge in [-0.2, -0.15) is 0 Å². The van der Waals surface area contributed by atoms with Crippen LogP contribution >= 0.6 is 0 Å². The Labute approximate surface area is 112 Å². The van der Waals surface area contributed by atoms with E-state index < -0.39 is 0 Å². The minimum Gasteiger partial charge on any atom is -0.346 e. The number of rotatable bonds is 4. The minimum absolute atomic E-state index is 0.0583. The molecule has 1 heterocycles. The number of nitrogens with zero attached hydrogens (tertiary/aromatic N) is 1. The lowest BCUT2D eigenvalue weighted by Crippen LogP contribution is -2.26. The number of hydrogen-bond acceptors (Lipinski definition) is 3. The molecule has 0 bridgehead atoms. The number of aromatic nitrogens is 1. The first kappa shape index (κ1) is 13.2. The molecular formula is C15H17N3O. The monoisotopic (exact) mass is 255 g/mol. The molecule has 19 heavy (non-hydrogen) atoms. The number of pyridine rings is 1. The van der Waals surface area contributed by atoms with Gasteiger partial charge in [-0.25, -0.2) is 0 Å². The molecule has 0 radical (unpaired) electrons. The summed E-state index contributed by atoms with van der Waals surface area (Å²) < 4.78 is 0. The first-order valence-electron chi connectivity index (χ1n) is 6.20. The number of carbonyl (C=O) groups excluding carboxylic acids is 1. The normalized spacial score (nSPS) is 11.9. The molecule has 2 aromatic rings. The maximum Gasteiger partial charge on any atom is 0.251 e. The van der Waals surface area contributed by atoms with E-state index in [1.165, 1.54) is 0 Å². The number of amides is 1. The third-order valence-corrected chi connectivity index (χ3v) is 2.98. The van der Waals surface area contributed by atoms with E-state index in [2.05, 4.69) is 10.3 Å². The molecule has 2 rings (SSSR count). The van der Waals surface area contributed by atoms with Gasteiger partial charge in [0.2, 0.25) is 0 Å². The molecule has 0 spiro atoms.